The Balaban J connectivity index is 2.01. The first-order valence-corrected chi connectivity index (χ1v) is 9.03. The van der Waals surface area contributed by atoms with Crippen LogP contribution in [0.2, 0.25) is 0 Å². The average Bonchev–Trinajstić information content (AvgIpc) is 2.67. The Kier molecular flexibility index (Phi) is 7.67. The monoisotopic (exact) mass is 370 g/mol. The van der Waals surface area contributed by atoms with Crippen LogP contribution in [0.1, 0.15) is 42.1 Å². The van der Waals surface area contributed by atoms with Crippen LogP contribution in [0.15, 0.2) is 42.5 Å². The Morgan fingerprint density at radius 3 is 2.41 bits per heavy atom. The van der Waals surface area contributed by atoms with E-state index < -0.39 is 5.91 Å². The lowest BCUT2D eigenvalue weighted by atomic mass is 10.1. The summed E-state index contributed by atoms with van der Waals surface area (Å²) in [6.07, 6.45) is 4.64. The Bertz CT molecular complexity index is 772. The van der Waals surface area contributed by atoms with Gasteiger partial charge in [-0.2, -0.15) is 0 Å². The zero-order valence-electron chi connectivity index (χ0n) is 15.8. The molecule has 27 heavy (non-hydrogen) atoms. The van der Waals surface area contributed by atoms with E-state index in [1.807, 2.05) is 24.3 Å². The largest absolute Gasteiger partial charge is 0.493 e. The highest BCUT2D eigenvalue weighted by Gasteiger charge is 2.12. The molecule has 0 aliphatic carbocycles. The molecule has 0 heterocycles. The lowest BCUT2D eigenvalue weighted by Gasteiger charge is -2.11. The fourth-order valence-corrected chi connectivity index (χ4v) is 2.61. The number of ether oxygens (including phenoxy) is 2. The third-order valence-electron chi connectivity index (χ3n) is 4.08. The lowest BCUT2D eigenvalue weighted by molar-refractivity contribution is -0.119. The molecule has 3 N–H and O–H groups in total. The van der Waals surface area contributed by atoms with Gasteiger partial charge in [0.2, 0.25) is 0 Å². The van der Waals surface area contributed by atoms with Crippen LogP contribution in [0.25, 0.3) is 0 Å². The number of unbranched alkanes of at least 4 members (excludes halogenated alkanes) is 2. The number of aryl methyl sites for hydroxylation is 1. The molecule has 0 aliphatic heterocycles. The predicted molar refractivity (Wildman–Crippen MR) is 105 cm³/mol. The van der Waals surface area contributed by atoms with Crippen LogP contribution in [0, 0.1) is 0 Å². The Hall–Kier alpha value is -3.02. The van der Waals surface area contributed by atoms with Crippen LogP contribution >= 0.6 is 0 Å². The second kappa shape index (κ2) is 10.2. The number of benzene rings is 2. The fraction of sp³-hybridized carbons (Fsp3) is 0.333. The molecule has 0 radical (unpaired) electrons. The number of nitrogens with one attached hydrogen (secondary N) is 1. The summed E-state index contributed by atoms with van der Waals surface area (Å²) in [4.78, 5) is 23.3. The minimum Gasteiger partial charge on any atom is -0.493 e. The zero-order valence-corrected chi connectivity index (χ0v) is 15.8. The normalized spacial score (nSPS) is 10.3. The molecule has 2 aromatic carbocycles. The molecule has 0 aliphatic rings. The van der Waals surface area contributed by atoms with Crippen LogP contribution in [0.4, 0.5) is 5.69 Å². The van der Waals surface area contributed by atoms with Gasteiger partial charge >= 0.3 is 0 Å². The summed E-state index contributed by atoms with van der Waals surface area (Å²) in [5, 5.41) is 2.86. The predicted octanol–water partition coefficient (Wildman–Crippen LogP) is 3.54. The van der Waals surface area contributed by atoms with Crippen molar-refractivity contribution in [2.45, 2.75) is 32.6 Å². The van der Waals surface area contributed by atoms with E-state index in [4.69, 9.17) is 15.2 Å². The molecule has 0 unspecified atom stereocenters. The Morgan fingerprint density at radius 1 is 1.04 bits per heavy atom. The third-order valence-corrected chi connectivity index (χ3v) is 4.08. The number of nitrogens with two attached hydrogens (primary N) is 1. The number of hydrogen-bond acceptors (Lipinski definition) is 4. The van der Waals surface area contributed by atoms with Gasteiger partial charge < -0.3 is 20.5 Å². The second-order valence-electron chi connectivity index (χ2n) is 6.23. The standard InChI is InChI=1S/C21H26N2O4/c1-3-4-5-6-15-7-10-17(11-8-15)23-21(25)16-9-12-18(19(13-16)26-2)27-14-20(22)24/h7-13H,3-6,14H2,1-2H3,(H2,22,24)(H,23,25). The van der Waals surface area contributed by atoms with Gasteiger partial charge in [0, 0.05) is 11.3 Å². The van der Waals surface area contributed by atoms with E-state index in [0.717, 1.165) is 12.1 Å². The molecule has 144 valence electrons. The highest BCUT2D eigenvalue weighted by molar-refractivity contribution is 6.04. The van der Waals surface area contributed by atoms with Crippen molar-refractivity contribution >= 4 is 17.5 Å². The highest BCUT2D eigenvalue weighted by Crippen LogP contribution is 2.28. The number of anilines is 1. The molecule has 0 spiro atoms. The molecule has 0 saturated heterocycles. The molecule has 2 amide bonds. The number of rotatable bonds is 10. The molecular formula is C21H26N2O4. The summed E-state index contributed by atoms with van der Waals surface area (Å²) in [6.45, 7) is 1.93. The van der Waals surface area contributed by atoms with Crippen molar-refractivity contribution < 1.29 is 19.1 Å². The van der Waals surface area contributed by atoms with Gasteiger partial charge in [0.15, 0.2) is 18.1 Å². The smallest absolute Gasteiger partial charge is 0.255 e. The summed E-state index contributed by atoms with van der Waals surface area (Å²) in [5.74, 6) is -0.134. The van der Waals surface area contributed by atoms with Gasteiger partial charge in [-0.3, -0.25) is 9.59 Å². The van der Waals surface area contributed by atoms with Crippen LogP contribution in [0.3, 0.4) is 0 Å². The van der Waals surface area contributed by atoms with Gasteiger partial charge in [-0.15, -0.1) is 0 Å². The number of amides is 2. The summed E-state index contributed by atoms with van der Waals surface area (Å²) in [7, 11) is 1.46. The van der Waals surface area contributed by atoms with Crippen molar-refractivity contribution in [1.29, 1.82) is 0 Å². The number of methoxy groups -OCH3 is 1. The molecule has 0 aromatic heterocycles. The molecule has 6 nitrogen and oxygen atoms in total. The van der Waals surface area contributed by atoms with Gasteiger partial charge in [0.05, 0.1) is 7.11 Å². The van der Waals surface area contributed by atoms with Crippen molar-refractivity contribution in [3.05, 3.63) is 53.6 Å². The van der Waals surface area contributed by atoms with E-state index in [-0.39, 0.29) is 12.5 Å². The Morgan fingerprint density at radius 2 is 1.78 bits per heavy atom. The van der Waals surface area contributed by atoms with Crippen molar-refractivity contribution in [3.63, 3.8) is 0 Å². The SMILES string of the molecule is CCCCCc1ccc(NC(=O)c2ccc(OCC(N)=O)c(OC)c2)cc1. The number of hydrogen-bond donors (Lipinski definition) is 2. The molecule has 0 fully saturated rings. The fourth-order valence-electron chi connectivity index (χ4n) is 2.61. The number of carbonyl (C=O) groups is 2. The van der Waals surface area contributed by atoms with Crippen LogP contribution in [-0.4, -0.2) is 25.5 Å². The summed E-state index contributed by atoms with van der Waals surface area (Å²) in [5.41, 5.74) is 7.49. The topological polar surface area (TPSA) is 90.6 Å². The van der Waals surface area contributed by atoms with E-state index in [1.54, 1.807) is 18.2 Å². The maximum absolute atomic E-state index is 12.5. The van der Waals surface area contributed by atoms with E-state index in [0.29, 0.717) is 17.1 Å². The van der Waals surface area contributed by atoms with Crippen molar-refractivity contribution in [2.24, 2.45) is 5.73 Å². The minimum absolute atomic E-state index is 0.256. The van der Waals surface area contributed by atoms with Gasteiger partial charge in [-0.25, -0.2) is 0 Å². The lowest BCUT2D eigenvalue weighted by Crippen LogP contribution is -2.20. The van der Waals surface area contributed by atoms with Gasteiger partial charge in [0.25, 0.3) is 11.8 Å². The Labute approximate surface area is 159 Å². The maximum atomic E-state index is 12.5. The van der Waals surface area contributed by atoms with Gasteiger partial charge in [0.1, 0.15) is 0 Å². The number of carbonyl (C=O) groups excluding carboxylic acids is 2. The van der Waals surface area contributed by atoms with Crippen LogP contribution in [-0.2, 0) is 11.2 Å². The first-order chi connectivity index (χ1) is 13.0. The molecule has 2 aromatic rings. The van der Waals surface area contributed by atoms with Crippen LogP contribution < -0.4 is 20.5 Å². The summed E-state index contributed by atoms with van der Waals surface area (Å²) >= 11 is 0. The van der Waals surface area contributed by atoms with Crippen molar-refractivity contribution in [2.75, 3.05) is 19.0 Å². The van der Waals surface area contributed by atoms with Gasteiger partial charge in [-0.1, -0.05) is 31.9 Å². The van der Waals surface area contributed by atoms with E-state index >= 15 is 0 Å². The first kappa shape index (κ1) is 20.3. The zero-order chi connectivity index (χ0) is 19.6. The third kappa shape index (κ3) is 6.33. The molecule has 0 atom stereocenters. The number of primary amides is 1. The van der Waals surface area contributed by atoms with E-state index in [9.17, 15) is 9.59 Å². The average molecular weight is 370 g/mol. The molecule has 0 bridgehead atoms. The first-order valence-electron chi connectivity index (χ1n) is 9.03. The highest BCUT2D eigenvalue weighted by atomic mass is 16.5. The van der Waals surface area contributed by atoms with Crippen molar-refractivity contribution in [1.82, 2.24) is 0 Å². The van der Waals surface area contributed by atoms with Crippen molar-refractivity contribution in [3.8, 4) is 11.5 Å². The van der Waals surface area contributed by atoms with Crippen LogP contribution in [0.5, 0.6) is 11.5 Å². The van der Waals surface area contributed by atoms with E-state index in [2.05, 4.69) is 12.2 Å². The molecule has 2 rings (SSSR count). The molecule has 0 saturated carbocycles. The second-order valence-corrected chi connectivity index (χ2v) is 6.23. The van der Waals surface area contributed by atoms with Gasteiger partial charge in [-0.05, 0) is 48.7 Å². The summed E-state index contributed by atoms with van der Waals surface area (Å²) in [6, 6.07) is 12.6. The molecular weight excluding hydrogens is 344 g/mol. The summed E-state index contributed by atoms with van der Waals surface area (Å²) < 4.78 is 10.5. The van der Waals surface area contributed by atoms with E-state index in [1.165, 1.54) is 31.9 Å². The minimum atomic E-state index is -0.586. The quantitative estimate of drug-likeness (QED) is 0.626. The maximum Gasteiger partial charge on any atom is 0.255 e. The molecule has 6 heteroatoms.